The fourth-order valence-electron chi connectivity index (χ4n) is 2.72. The number of hydrogen-bond donors (Lipinski definition) is 2. The molecule has 0 saturated heterocycles. The van der Waals surface area contributed by atoms with Crippen LogP contribution in [0.1, 0.15) is 23.0 Å². The lowest BCUT2D eigenvalue weighted by Crippen LogP contribution is -1.78. The quantitative estimate of drug-likeness (QED) is 0.449. The van der Waals surface area contributed by atoms with Crippen LogP contribution in [0, 0.1) is 0 Å². The molecule has 2 aliphatic rings. The summed E-state index contributed by atoms with van der Waals surface area (Å²) in [5, 5.41) is 0. The number of nitrogens with one attached hydrogen (secondary N) is 2. The fourth-order valence-corrected chi connectivity index (χ4v) is 2.72. The average molecular weight is 300 g/mol. The highest BCUT2D eigenvalue weighted by Crippen LogP contribution is 2.19. The fraction of sp³-hybridized carbons (Fsp3) is 0. The molecule has 8 bridgehead atoms. The van der Waals surface area contributed by atoms with Gasteiger partial charge in [-0.2, -0.15) is 0 Å². The highest BCUT2D eigenvalue weighted by molar-refractivity contribution is 5.81. The molecule has 5 nitrogen and oxygen atoms in total. The SMILES string of the molecule is C1=Cc2nc1cc1nc(c3ccc(cc4ccc([nH]4)o2)[nH]3)C=C1. The van der Waals surface area contributed by atoms with E-state index in [1.54, 1.807) is 0 Å². The Morgan fingerprint density at radius 2 is 1.57 bits per heavy atom. The zero-order chi connectivity index (χ0) is 15.2. The number of fused-ring (bicyclic) bond motifs is 9. The van der Waals surface area contributed by atoms with Crippen LogP contribution in [0.15, 0.2) is 40.8 Å². The minimum Gasteiger partial charge on any atom is -0.423 e. The van der Waals surface area contributed by atoms with Gasteiger partial charge in [0.2, 0.25) is 5.89 Å². The predicted octanol–water partition coefficient (Wildman–Crippen LogP) is 4.25. The largest absolute Gasteiger partial charge is 0.423 e. The van der Waals surface area contributed by atoms with Crippen LogP contribution in [0.2, 0.25) is 0 Å². The molecular formula is C18H12N4O. The van der Waals surface area contributed by atoms with Gasteiger partial charge in [0.15, 0.2) is 5.71 Å². The van der Waals surface area contributed by atoms with E-state index in [-0.39, 0.29) is 0 Å². The minimum absolute atomic E-state index is 0.563. The molecule has 0 atom stereocenters. The van der Waals surface area contributed by atoms with Gasteiger partial charge in [0.05, 0.1) is 22.6 Å². The molecule has 0 spiro atoms. The highest BCUT2D eigenvalue weighted by Gasteiger charge is 2.05. The van der Waals surface area contributed by atoms with Crippen LogP contribution >= 0.6 is 0 Å². The molecule has 5 heterocycles. The molecule has 110 valence electrons. The second kappa shape index (κ2) is 4.58. The van der Waals surface area contributed by atoms with E-state index in [0.29, 0.717) is 11.6 Å². The highest BCUT2D eigenvalue weighted by atomic mass is 16.3. The smallest absolute Gasteiger partial charge is 0.221 e. The molecule has 2 N–H and O–H groups in total. The van der Waals surface area contributed by atoms with E-state index < -0.39 is 0 Å². The predicted molar refractivity (Wildman–Crippen MR) is 91.1 cm³/mol. The van der Waals surface area contributed by atoms with E-state index in [1.807, 2.05) is 60.7 Å². The van der Waals surface area contributed by atoms with E-state index in [0.717, 1.165) is 33.6 Å². The number of nitrogens with zero attached hydrogens (tertiary/aromatic N) is 2. The molecule has 23 heavy (non-hydrogen) atoms. The van der Waals surface area contributed by atoms with Crippen molar-refractivity contribution in [2.45, 2.75) is 0 Å². The second-order valence-electron chi connectivity index (χ2n) is 5.46. The normalized spacial score (nSPS) is 12.9. The summed E-state index contributed by atoms with van der Waals surface area (Å²) in [4.78, 5) is 15.7. The summed E-state index contributed by atoms with van der Waals surface area (Å²) < 4.78 is 5.75. The lowest BCUT2D eigenvalue weighted by molar-refractivity contribution is 0.562. The van der Waals surface area contributed by atoms with Gasteiger partial charge in [-0.15, -0.1) is 0 Å². The molecule has 0 amide bonds. The van der Waals surface area contributed by atoms with Gasteiger partial charge >= 0.3 is 0 Å². The summed E-state index contributed by atoms with van der Waals surface area (Å²) in [6.07, 6.45) is 7.75. The van der Waals surface area contributed by atoms with E-state index in [1.165, 1.54) is 0 Å². The summed E-state index contributed by atoms with van der Waals surface area (Å²) in [6, 6.07) is 11.9. The Morgan fingerprint density at radius 3 is 2.57 bits per heavy atom. The topological polar surface area (TPSA) is 70.5 Å². The first kappa shape index (κ1) is 12.2. The minimum atomic E-state index is 0.563. The zero-order valence-electron chi connectivity index (χ0n) is 12.1. The van der Waals surface area contributed by atoms with E-state index in [2.05, 4.69) is 19.9 Å². The molecule has 0 radical (unpaired) electrons. The maximum Gasteiger partial charge on any atom is 0.221 e. The second-order valence-corrected chi connectivity index (χ2v) is 5.46. The van der Waals surface area contributed by atoms with Crippen molar-refractivity contribution in [1.29, 1.82) is 0 Å². The molecule has 5 heteroatoms. The van der Waals surface area contributed by atoms with Crippen LogP contribution in [0.3, 0.4) is 0 Å². The zero-order valence-corrected chi connectivity index (χ0v) is 12.1. The van der Waals surface area contributed by atoms with Crippen LogP contribution in [-0.2, 0) is 0 Å². The first-order valence-corrected chi connectivity index (χ1v) is 7.35. The Hall–Kier alpha value is -3.34. The lowest BCUT2D eigenvalue weighted by Gasteiger charge is -1.85. The van der Waals surface area contributed by atoms with Crippen molar-refractivity contribution < 1.29 is 4.42 Å². The third-order valence-electron chi connectivity index (χ3n) is 3.79. The molecule has 0 unspecified atom stereocenters. The summed E-state index contributed by atoms with van der Waals surface area (Å²) in [5.41, 5.74) is 6.23. The van der Waals surface area contributed by atoms with Crippen molar-refractivity contribution in [2.75, 3.05) is 0 Å². The Balaban J connectivity index is 1.90. The van der Waals surface area contributed by atoms with Gasteiger partial charge in [-0.25, -0.2) is 9.97 Å². The van der Waals surface area contributed by atoms with Crippen LogP contribution in [-0.4, -0.2) is 19.9 Å². The first-order valence-electron chi connectivity index (χ1n) is 7.35. The van der Waals surface area contributed by atoms with Crippen molar-refractivity contribution in [2.24, 2.45) is 0 Å². The first-order chi connectivity index (χ1) is 11.3. The third-order valence-corrected chi connectivity index (χ3v) is 3.79. The Kier molecular flexibility index (Phi) is 2.43. The van der Waals surface area contributed by atoms with E-state index >= 15 is 0 Å². The molecule has 3 aromatic rings. The van der Waals surface area contributed by atoms with Crippen molar-refractivity contribution in [3.8, 4) is 0 Å². The summed E-state index contributed by atoms with van der Waals surface area (Å²) in [7, 11) is 0. The van der Waals surface area contributed by atoms with Gasteiger partial charge in [-0.3, -0.25) is 0 Å². The Morgan fingerprint density at radius 1 is 0.739 bits per heavy atom. The van der Waals surface area contributed by atoms with Gasteiger partial charge in [0, 0.05) is 23.2 Å². The van der Waals surface area contributed by atoms with Crippen LogP contribution in [0.4, 0.5) is 0 Å². The van der Waals surface area contributed by atoms with Crippen LogP contribution in [0.25, 0.3) is 46.6 Å². The van der Waals surface area contributed by atoms with Crippen molar-refractivity contribution in [3.05, 3.63) is 59.4 Å². The Bertz CT molecular complexity index is 1120. The molecule has 0 fully saturated rings. The van der Waals surface area contributed by atoms with E-state index in [4.69, 9.17) is 4.42 Å². The molecule has 2 aliphatic heterocycles. The standard InChI is InChI=1S/C18H12N4O/c1-5-15-16-6-2-12(20-16)10-14-4-8-18(22-14)23-17-7-3-13(21-17)9-11(1)19-15/h1-10,19,21H. The summed E-state index contributed by atoms with van der Waals surface area (Å²) >= 11 is 0. The third kappa shape index (κ3) is 2.19. The van der Waals surface area contributed by atoms with E-state index in [9.17, 15) is 0 Å². The number of rotatable bonds is 0. The summed E-state index contributed by atoms with van der Waals surface area (Å²) in [6.45, 7) is 0. The van der Waals surface area contributed by atoms with Crippen LogP contribution < -0.4 is 0 Å². The van der Waals surface area contributed by atoms with Crippen molar-refractivity contribution in [3.63, 3.8) is 0 Å². The van der Waals surface area contributed by atoms with Gasteiger partial charge in [-0.1, -0.05) is 0 Å². The Labute approximate surface area is 131 Å². The van der Waals surface area contributed by atoms with Crippen molar-refractivity contribution in [1.82, 2.24) is 19.9 Å². The van der Waals surface area contributed by atoms with Gasteiger partial charge in [0.25, 0.3) is 0 Å². The average Bonchev–Trinajstić information content (AvgIpc) is 3.28. The summed E-state index contributed by atoms with van der Waals surface area (Å²) in [5.74, 6) is 0.563. The number of H-pyrrole nitrogens is 2. The van der Waals surface area contributed by atoms with Gasteiger partial charge < -0.3 is 14.4 Å². The van der Waals surface area contributed by atoms with Gasteiger partial charge in [-0.05, 0) is 48.6 Å². The molecule has 0 aliphatic carbocycles. The number of hydrogen-bond acceptors (Lipinski definition) is 3. The monoisotopic (exact) mass is 300 g/mol. The molecule has 5 rings (SSSR count). The molecule has 0 aromatic carbocycles. The van der Waals surface area contributed by atoms with Crippen molar-refractivity contribution >= 4 is 46.6 Å². The maximum atomic E-state index is 5.75. The number of aromatic amines is 2. The van der Waals surface area contributed by atoms with Gasteiger partial charge in [0.1, 0.15) is 0 Å². The molecule has 3 aromatic heterocycles. The molecular weight excluding hydrogens is 288 g/mol. The lowest BCUT2D eigenvalue weighted by atomic mass is 10.3. The molecule has 0 saturated carbocycles. The van der Waals surface area contributed by atoms with Crippen LogP contribution in [0.5, 0.6) is 0 Å². The number of aromatic nitrogens is 4. The maximum absolute atomic E-state index is 5.75.